The van der Waals surface area contributed by atoms with Crippen LogP contribution in [0.4, 0.5) is 16.4 Å². The van der Waals surface area contributed by atoms with E-state index in [0.29, 0.717) is 12.5 Å². The van der Waals surface area contributed by atoms with E-state index < -0.39 is 0 Å². The second kappa shape index (κ2) is 6.84. The quantitative estimate of drug-likeness (QED) is 0.900. The molecule has 2 N–H and O–H groups in total. The van der Waals surface area contributed by atoms with Crippen molar-refractivity contribution >= 4 is 17.7 Å². The average molecular weight is 298 g/mol. The minimum atomic E-state index is -0.202. The second-order valence-corrected chi connectivity index (χ2v) is 5.17. The van der Waals surface area contributed by atoms with E-state index in [1.165, 1.54) is 0 Å². The number of rotatable bonds is 3. The molecule has 2 aromatic heterocycles. The number of hydrogen-bond acceptors (Lipinski definition) is 5. The Kier molecular flexibility index (Phi) is 4.43. The van der Waals surface area contributed by atoms with Gasteiger partial charge < -0.3 is 15.5 Å². The van der Waals surface area contributed by atoms with E-state index in [1.807, 2.05) is 0 Å². The summed E-state index contributed by atoms with van der Waals surface area (Å²) in [6.45, 7) is 1.63. The maximum atomic E-state index is 12.0. The Morgan fingerprint density at radius 2 is 1.95 bits per heavy atom. The molecule has 0 aliphatic carbocycles. The number of amides is 2. The maximum absolute atomic E-state index is 12.0. The summed E-state index contributed by atoms with van der Waals surface area (Å²) in [6.07, 6.45) is 8.70. The number of carbonyl (C=O) groups is 1. The van der Waals surface area contributed by atoms with E-state index in [0.717, 1.165) is 25.1 Å². The molecule has 1 atom stereocenters. The van der Waals surface area contributed by atoms with Crippen molar-refractivity contribution in [3.05, 3.63) is 43.0 Å². The number of hydrogen-bond donors (Lipinski definition) is 2. The highest BCUT2D eigenvalue weighted by molar-refractivity contribution is 5.89. The van der Waals surface area contributed by atoms with E-state index in [1.54, 1.807) is 43.0 Å². The van der Waals surface area contributed by atoms with Crippen molar-refractivity contribution in [3.63, 3.8) is 0 Å². The zero-order chi connectivity index (χ0) is 15.2. The Bertz CT molecular complexity index is 606. The van der Waals surface area contributed by atoms with Gasteiger partial charge in [0.2, 0.25) is 5.95 Å². The van der Waals surface area contributed by atoms with Crippen LogP contribution in [0.1, 0.15) is 12.8 Å². The lowest BCUT2D eigenvalue weighted by Crippen LogP contribution is -2.49. The first-order valence-electron chi connectivity index (χ1n) is 7.31. The van der Waals surface area contributed by atoms with Crippen molar-refractivity contribution in [1.29, 1.82) is 0 Å². The molecule has 3 heterocycles. The molecule has 0 radical (unpaired) electrons. The molecular weight excluding hydrogens is 280 g/mol. The van der Waals surface area contributed by atoms with E-state index >= 15 is 0 Å². The van der Waals surface area contributed by atoms with Crippen LogP contribution in [0, 0.1) is 0 Å². The molecule has 1 aliphatic heterocycles. The SMILES string of the molecule is O=C(Nc1ccncc1)N[C@@H]1CCCN(c2ncccn2)C1. The van der Waals surface area contributed by atoms with Crippen molar-refractivity contribution in [2.45, 2.75) is 18.9 Å². The fraction of sp³-hybridized carbons (Fsp3) is 0.333. The highest BCUT2D eigenvalue weighted by Gasteiger charge is 2.22. The van der Waals surface area contributed by atoms with Crippen molar-refractivity contribution in [2.75, 3.05) is 23.3 Å². The maximum Gasteiger partial charge on any atom is 0.319 e. The van der Waals surface area contributed by atoms with E-state index in [-0.39, 0.29) is 12.1 Å². The molecule has 0 unspecified atom stereocenters. The zero-order valence-electron chi connectivity index (χ0n) is 12.1. The van der Waals surface area contributed by atoms with Crippen LogP contribution in [0.2, 0.25) is 0 Å². The molecule has 0 spiro atoms. The normalized spacial score (nSPS) is 17.8. The summed E-state index contributed by atoms with van der Waals surface area (Å²) in [4.78, 5) is 26.6. The van der Waals surface area contributed by atoms with E-state index in [4.69, 9.17) is 0 Å². The zero-order valence-corrected chi connectivity index (χ0v) is 12.1. The van der Waals surface area contributed by atoms with Crippen LogP contribution in [0.15, 0.2) is 43.0 Å². The van der Waals surface area contributed by atoms with Gasteiger partial charge in [-0.05, 0) is 31.0 Å². The van der Waals surface area contributed by atoms with Gasteiger partial charge in [0, 0.05) is 49.6 Å². The third-order valence-electron chi connectivity index (χ3n) is 3.53. The summed E-state index contributed by atoms with van der Waals surface area (Å²) >= 11 is 0. The first kappa shape index (κ1) is 14.2. The van der Waals surface area contributed by atoms with Crippen LogP contribution in [0.5, 0.6) is 0 Å². The number of nitrogens with one attached hydrogen (secondary N) is 2. The van der Waals surface area contributed by atoms with Gasteiger partial charge in [-0.3, -0.25) is 4.98 Å². The fourth-order valence-corrected chi connectivity index (χ4v) is 2.52. The van der Waals surface area contributed by atoms with Gasteiger partial charge in [-0.2, -0.15) is 0 Å². The van der Waals surface area contributed by atoms with Gasteiger partial charge in [-0.25, -0.2) is 14.8 Å². The lowest BCUT2D eigenvalue weighted by Gasteiger charge is -2.33. The minimum absolute atomic E-state index is 0.0828. The molecule has 0 aromatic carbocycles. The van der Waals surface area contributed by atoms with Crippen LogP contribution in [-0.4, -0.2) is 40.1 Å². The van der Waals surface area contributed by atoms with Gasteiger partial charge in [-0.15, -0.1) is 0 Å². The molecule has 22 heavy (non-hydrogen) atoms. The first-order chi connectivity index (χ1) is 10.8. The fourth-order valence-electron chi connectivity index (χ4n) is 2.52. The molecule has 1 aliphatic rings. The minimum Gasteiger partial charge on any atom is -0.339 e. The monoisotopic (exact) mass is 298 g/mol. The summed E-state index contributed by atoms with van der Waals surface area (Å²) in [5.74, 6) is 0.712. The summed E-state index contributed by atoms with van der Waals surface area (Å²) in [5.41, 5.74) is 0.728. The Balaban J connectivity index is 1.55. The van der Waals surface area contributed by atoms with E-state index in [9.17, 15) is 4.79 Å². The number of aromatic nitrogens is 3. The van der Waals surface area contributed by atoms with Gasteiger partial charge in [0.15, 0.2) is 0 Å². The van der Waals surface area contributed by atoms with Gasteiger partial charge >= 0.3 is 6.03 Å². The number of anilines is 2. The predicted octanol–water partition coefficient (Wildman–Crippen LogP) is 1.66. The van der Waals surface area contributed by atoms with Crippen LogP contribution < -0.4 is 15.5 Å². The number of pyridine rings is 1. The van der Waals surface area contributed by atoms with Crippen molar-refractivity contribution in [3.8, 4) is 0 Å². The molecule has 1 saturated heterocycles. The Morgan fingerprint density at radius 1 is 1.18 bits per heavy atom. The number of urea groups is 1. The Morgan fingerprint density at radius 3 is 2.73 bits per heavy atom. The number of piperidine rings is 1. The van der Waals surface area contributed by atoms with Gasteiger partial charge in [-0.1, -0.05) is 0 Å². The van der Waals surface area contributed by atoms with Crippen molar-refractivity contribution in [2.24, 2.45) is 0 Å². The third kappa shape index (κ3) is 3.69. The van der Waals surface area contributed by atoms with Gasteiger partial charge in [0.25, 0.3) is 0 Å². The lowest BCUT2D eigenvalue weighted by molar-refractivity contribution is 0.246. The summed E-state index contributed by atoms with van der Waals surface area (Å²) in [5, 5.41) is 5.80. The van der Waals surface area contributed by atoms with Crippen LogP contribution in [-0.2, 0) is 0 Å². The van der Waals surface area contributed by atoms with Crippen LogP contribution in [0.3, 0.4) is 0 Å². The van der Waals surface area contributed by atoms with Crippen LogP contribution >= 0.6 is 0 Å². The number of carbonyl (C=O) groups excluding carboxylic acids is 1. The van der Waals surface area contributed by atoms with Crippen LogP contribution in [0.25, 0.3) is 0 Å². The molecule has 2 amide bonds. The molecule has 1 fully saturated rings. The summed E-state index contributed by atoms with van der Waals surface area (Å²) in [6, 6.07) is 5.19. The Labute approximate surface area is 128 Å². The third-order valence-corrected chi connectivity index (χ3v) is 3.53. The summed E-state index contributed by atoms with van der Waals surface area (Å²) in [7, 11) is 0. The molecular formula is C15H18N6O. The molecule has 2 aromatic rings. The molecule has 0 bridgehead atoms. The molecule has 114 valence electrons. The molecule has 0 saturated carbocycles. The van der Waals surface area contributed by atoms with Crippen molar-refractivity contribution < 1.29 is 4.79 Å². The van der Waals surface area contributed by atoms with Gasteiger partial charge in [0.1, 0.15) is 0 Å². The highest BCUT2D eigenvalue weighted by Crippen LogP contribution is 2.15. The first-order valence-corrected chi connectivity index (χ1v) is 7.31. The molecule has 3 rings (SSSR count). The predicted molar refractivity (Wildman–Crippen MR) is 83.7 cm³/mol. The smallest absolute Gasteiger partial charge is 0.319 e. The van der Waals surface area contributed by atoms with E-state index in [2.05, 4.69) is 30.5 Å². The van der Waals surface area contributed by atoms with Gasteiger partial charge in [0.05, 0.1) is 0 Å². The van der Waals surface area contributed by atoms with Crippen molar-refractivity contribution in [1.82, 2.24) is 20.3 Å². The molecule has 7 heteroatoms. The standard InChI is InChI=1S/C15H18N6O/c22-15(19-12-4-8-16-9-5-12)20-13-3-1-10-21(11-13)14-17-6-2-7-18-14/h2,4-9,13H,1,3,10-11H2,(H2,16,19,20,22)/t13-/m1/s1. The highest BCUT2D eigenvalue weighted by atomic mass is 16.2. The largest absolute Gasteiger partial charge is 0.339 e. The molecule has 7 nitrogen and oxygen atoms in total. The average Bonchev–Trinajstić information content (AvgIpc) is 2.57. The Hall–Kier alpha value is -2.70. The second-order valence-electron chi connectivity index (χ2n) is 5.17. The summed E-state index contributed by atoms with van der Waals surface area (Å²) < 4.78 is 0. The number of nitrogens with zero attached hydrogens (tertiary/aromatic N) is 4. The topological polar surface area (TPSA) is 83.0 Å². The lowest BCUT2D eigenvalue weighted by atomic mass is 10.1.